The normalized spacial score (nSPS) is 27.9. The second-order valence-electron chi connectivity index (χ2n) is 5.08. The molecule has 1 heterocycles. The van der Waals surface area contributed by atoms with Gasteiger partial charge in [-0.15, -0.1) is 0 Å². The summed E-state index contributed by atoms with van der Waals surface area (Å²) in [6, 6.07) is 0.454. The number of nitrogens with zero attached hydrogens (tertiary/aromatic N) is 1. The first-order chi connectivity index (χ1) is 8.16. The minimum atomic E-state index is -0.724. The van der Waals surface area contributed by atoms with Crippen LogP contribution in [-0.4, -0.2) is 60.4 Å². The summed E-state index contributed by atoms with van der Waals surface area (Å²) in [6.45, 7) is 5.40. The molecule has 1 saturated heterocycles. The van der Waals surface area contributed by atoms with Gasteiger partial charge in [-0.1, -0.05) is 0 Å². The van der Waals surface area contributed by atoms with E-state index in [1.54, 1.807) is 0 Å². The highest BCUT2D eigenvalue weighted by atomic mass is 16.5. The van der Waals surface area contributed by atoms with E-state index in [1.807, 2.05) is 0 Å². The van der Waals surface area contributed by atoms with Crippen molar-refractivity contribution in [2.45, 2.75) is 44.3 Å². The van der Waals surface area contributed by atoms with E-state index in [-0.39, 0.29) is 0 Å². The summed E-state index contributed by atoms with van der Waals surface area (Å²) in [4.78, 5) is 13.4. The molecule has 2 fully saturated rings. The first-order valence-corrected chi connectivity index (χ1v) is 6.47. The molecule has 0 bridgehead atoms. The van der Waals surface area contributed by atoms with Crippen molar-refractivity contribution >= 4 is 5.97 Å². The third kappa shape index (κ3) is 3.94. The highest BCUT2D eigenvalue weighted by Crippen LogP contribution is 2.20. The van der Waals surface area contributed by atoms with E-state index in [1.165, 1.54) is 0 Å². The van der Waals surface area contributed by atoms with Gasteiger partial charge in [0.25, 0.3) is 0 Å². The highest BCUT2D eigenvalue weighted by Gasteiger charge is 2.29. The first kappa shape index (κ1) is 12.8. The summed E-state index contributed by atoms with van der Waals surface area (Å²) in [6.07, 6.45) is 2.92. The fourth-order valence-electron chi connectivity index (χ4n) is 2.20. The topological polar surface area (TPSA) is 61.8 Å². The average Bonchev–Trinajstić information content (AvgIpc) is 3.09. The number of carbonyl (C=O) groups is 1. The predicted molar refractivity (Wildman–Crippen MR) is 64.1 cm³/mol. The van der Waals surface area contributed by atoms with Crippen molar-refractivity contribution in [1.29, 1.82) is 0 Å². The smallest absolute Gasteiger partial charge is 0.320 e. The Labute approximate surface area is 102 Å². The van der Waals surface area contributed by atoms with Crippen LogP contribution in [0.5, 0.6) is 0 Å². The quantitative estimate of drug-likeness (QED) is 0.701. The lowest BCUT2D eigenvalue weighted by Crippen LogP contribution is -2.47. The molecule has 0 amide bonds. The van der Waals surface area contributed by atoms with E-state index in [4.69, 9.17) is 9.84 Å². The van der Waals surface area contributed by atoms with E-state index in [0.717, 1.165) is 39.1 Å². The number of aliphatic carboxylic acids is 1. The van der Waals surface area contributed by atoms with Crippen LogP contribution in [0.4, 0.5) is 0 Å². The van der Waals surface area contributed by atoms with Gasteiger partial charge < -0.3 is 15.2 Å². The Bertz CT molecular complexity index is 268. The third-order valence-corrected chi connectivity index (χ3v) is 3.52. The number of hydrogen-bond acceptors (Lipinski definition) is 4. The van der Waals surface area contributed by atoms with Crippen molar-refractivity contribution < 1.29 is 14.6 Å². The zero-order valence-electron chi connectivity index (χ0n) is 10.4. The predicted octanol–water partition coefficient (Wildman–Crippen LogP) is 0.302. The maximum absolute atomic E-state index is 11.1. The highest BCUT2D eigenvalue weighted by molar-refractivity contribution is 5.73. The van der Waals surface area contributed by atoms with Crippen molar-refractivity contribution in [2.75, 3.05) is 26.3 Å². The number of nitrogens with one attached hydrogen (secondary N) is 1. The Hall–Kier alpha value is -0.650. The van der Waals surface area contributed by atoms with Gasteiger partial charge in [0.2, 0.25) is 0 Å². The largest absolute Gasteiger partial charge is 0.480 e. The summed E-state index contributed by atoms with van der Waals surface area (Å²) in [7, 11) is 0. The van der Waals surface area contributed by atoms with Crippen LogP contribution in [0.3, 0.4) is 0 Å². The molecule has 2 unspecified atom stereocenters. The van der Waals surface area contributed by atoms with Crippen LogP contribution in [0, 0.1) is 0 Å². The molecule has 2 N–H and O–H groups in total. The van der Waals surface area contributed by atoms with Gasteiger partial charge in [0.05, 0.1) is 13.2 Å². The fourth-order valence-corrected chi connectivity index (χ4v) is 2.20. The van der Waals surface area contributed by atoms with Crippen molar-refractivity contribution in [3.05, 3.63) is 0 Å². The van der Waals surface area contributed by atoms with Gasteiger partial charge in [-0.3, -0.25) is 9.69 Å². The molecule has 5 nitrogen and oxygen atoms in total. The van der Waals surface area contributed by atoms with Crippen LogP contribution in [0.15, 0.2) is 0 Å². The maximum atomic E-state index is 11.1. The number of morpholine rings is 1. The van der Waals surface area contributed by atoms with Gasteiger partial charge in [-0.05, 0) is 26.2 Å². The molecule has 1 saturated carbocycles. The lowest BCUT2D eigenvalue weighted by molar-refractivity contribution is -0.140. The number of hydrogen-bond donors (Lipinski definition) is 2. The Morgan fingerprint density at radius 3 is 2.94 bits per heavy atom. The maximum Gasteiger partial charge on any atom is 0.320 e. The number of carboxylic acids is 1. The van der Waals surface area contributed by atoms with Crippen LogP contribution >= 0.6 is 0 Å². The average molecular weight is 242 g/mol. The summed E-state index contributed by atoms with van der Waals surface area (Å²) < 4.78 is 5.37. The van der Waals surface area contributed by atoms with Crippen LogP contribution in [0.1, 0.15) is 26.2 Å². The third-order valence-electron chi connectivity index (χ3n) is 3.52. The van der Waals surface area contributed by atoms with Gasteiger partial charge in [0.1, 0.15) is 6.04 Å². The second-order valence-corrected chi connectivity index (χ2v) is 5.08. The van der Waals surface area contributed by atoms with Gasteiger partial charge in [0, 0.05) is 25.2 Å². The second kappa shape index (κ2) is 5.80. The Morgan fingerprint density at radius 2 is 2.35 bits per heavy atom. The molecule has 1 aliphatic carbocycles. The standard InChI is InChI=1S/C12H22N2O3/c1-9-8-17-7-6-14(9)5-4-11(12(15)16)13-10-2-3-10/h9-11,13H,2-8H2,1H3,(H,15,16). The van der Waals surface area contributed by atoms with Crippen LogP contribution < -0.4 is 5.32 Å². The number of ether oxygens (including phenoxy) is 1. The molecule has 0 aromatic heterocycles. The molecular weight excluding hydrogens is 220 g/mol. The first-order valence-electron chi connectivity index (χ1n) is 6.47. The number of rotatable bonds is 6. The summed E-state index contributed by atoms with van der Waals surface area (Å²) in [5.41, 5.74) is 0. The van der Waals surface area contributed by atoms with Crippen molar-refractivity contribution in [3.63, 3.8) is 0 Å². The van der Waals surface area contributed by atoms with Gasteiger partial charge in [-0.25, -0.2) is 0 Å². The van der Waals surface area contributed by atoms with E-state index in [9.17, 15) is 4.79 Å². The SMILES string of the molecule is CC1COCCN1CCC(NC1CC1)C(=O)O. The molecule has 0 aromatic carbocycles. The van der Waals surface area contributed by atoms with E-state index >= 15 is 0 Å². The van der Waals surface area contributed by atoms with E-state index in [2.05, 4.69) is 17.1 Å². The molecular formula is C12H22N2O3. The summed E-state index contributed by atoms with van der Waals surface area (Å²) in [5.74, 6) is -0.724. The Morgan fingerprint density at radius 1 is 1.59 bits per heavy atom. The molecule has 0 radical (unpaired) electrons. The molecule has 2 rings (SSSR count). The minimum Gasteiger partial charge on any atom is -0.480 e. The summed E-state index contributed by atoms with van der Waals surface area (Å²) in [5, 5.41) is 12.3. The van der Waals surface area contributed by atoms with Gasteiger partial charge in [0.15, 0.2) is 0 Å². The number of carboxylic acid groups (broad SMARTS) is 1. The molecule has 1 aliphatic heterocycles. The zero-order chi connectivity index (χ0) is 12.3. The van der Waals surface area contributed by atoms with Gasteiger partial charge in [-0.2, -0.15) is 0 Å². The van der Waals surface area contributed by atoms with Crippen molar-refractivity contribution in [1.82, 2.24) is 10.2 Å². The van der Waals surface area contributed by atoms with Crippen molar-refractivity contribution in [2.24, 2.45) is 0 Å². The van der Waals surface area contributed by atoms with Crippen LogP contribution in [-0.2, 0) is 9.53 Å². The summed E-state index contributed by atoms with van der Waals surface area (Å²) >= 11 is 0. The lowest BCUT2D eigenvalue weighted by Gasteiger charge is -2.33. The zero-order valence-corrected chi connectivity index (χ0v) is 10.4. The molecule has 0 aromatic rings. The molecule has 0 spiro atoms. The molecule has 2 aliphatic rings. The minimum absolute atomic E-state index is 0.391. The van der Waals surface area contributed by atoms with Crippen molar-refractivity contribution in [3.8, 4) is 0 Å². The molecule has 2 atom stereocenters. The molecule has 98 valence electrons. The lowest BCUT2D eigenvalue weighted by atomic mass is 10.1. The van der Waals surface area contributed by atoms with Crippen LogP contribution in [0.2, 0.25) is 0 Å². The van der Waals surface area contributed by atoms with E-state index < -0.39 is 12.0 Å². The Kier molecular flexibility index (Phi) is 4.36. The monoisotopic (exact) mass is 242 g/mol. The van der Waals surface area contributed by atoms with Crippen LogP contribution in [0.25, 0.3) is 0 Å². The fraction of sp³-hybridized carbons (Fsp3) is 0.917. The van der Waals surface area contributed by atoms with Gasteiger partial charge >= 0.3 is 5.97 Å². The van der Waals surface area contributed by atoms with E-state index in [0.29, 0.717) is 18.5 Å². The Balaban J connectivity index is 1.75. The molecule has 5 heteroatoms. The molecule has 17 heavy (non-hydrogen) atoms.